The minimum Gasteiger partial charge on any atom is -0.482 e. The first-order valence-corrected chi connectivity index (χ1v) is 5.92. The summed E-state index contributed by atoms with van der Waals surface area (Å²) < 4.78 is 5.27. The van der Waals surface area contributed by atoms with Crippen molar-refractivity contribution in [1.29, 1.82) is 0 Å². The van der Waals surface area contributed by atoms with Gasteiger partial charge >= 0.3 is 5.97 Å². The molecule has 0 aromatic heterocycles. The number of hydrogen-bond donors (Lipinski definition) is 2. The molecule has 6 heteroatoms. The van der Waals surface area contributed by atoms with E-state index < -0.39 is 12.1 Å². The van der Waals surface area contributed by atoms with Gasteiger partial charge in [0, 0.05) is 13.5 Å². The van der Waals surface area contributed by atoms with Crippen LogP contribution in [0.4, 0.5) is 5.69 Å². The topological polar surface area (TPSA) is 87.1 Å². The van der Waals surface area contributed by atoms with E-state index in [9.17, 15) is 14.7 Å². The monoisotopic (exact) mass is 265 g/mol. The molecule has 1 aromatic carbocycles. The summed E-state index contributed by atoms with van der Waals surface area (Å²) in [6.45, 7) is 0.00438. The van der Waals surface area contributed by atoms with E-state index in [1.54, 1.807) is 25.2 Å². The highest BCUT2D eigenvalue weighted by atomic mass is 16.5. The molecule has 0 aliphatic carbocycles. The number of ether oxygens (including phenoxy) is 1. The van der Waals surface area contributed by atoms with E-state index in [0.29, 0.717) is 17.0 Å². The Morgan fingerprint density at radius 2 is 2.26 bits per heavy atom. The molecule has 2 N–H and O–H groups in total. The normalized spacial score (nSPS) is 15.7. The third kappa shape index (κ3) is 2.85. The Hall–Kier alpha value is -2.08. The molecule has 102 valence electrons. The minimum absolute atomic E-state index is 0.00438. The molecule has 6 nitrogen and oxygen atoms in total. The molecule has 19 heavy (non-hydrogen) atoms. The zero-order valence-corrected chi connectivity index (χ0v) is 10.5. The zero-order valence-electron chi connectivity index (χ0n) is 10.5. The number of likely N-dealkylation sites (N-methyl/N-ethyl adjacent to an activating group) is 1. The molecular weight excluding hydrogens is 250 g/mol. The van der Waals surface area contributed by atoms with Crippen molar-refractivity contribution in [3.8, 4) is 5.75 Å². The summed E-state index contributed by atoms with van der Waals surface area (Å²) in [6, 6.07) is 5.01. The number of carbonyl (C=O) groups excluding carboxylic acids is 1. The molecular formula is C13H15NO5. The second-order valence-corrected chi connectivity index (χ2v) is 4.42. The molecule has 0 spiro atoms. The van der Waals surface area contributed by atoms with Gasteiger partial charge in [-0.1, -0.05) is 6.07 Å². The number of nitrogens with zero attached hydrogens (tertiary/aromatic N) is 1. The van der Waals surface area contributed by atoms with Crippen LogP contribution in [0.1, 0.15) is 24.5 Å². The summed E-state index contributed by atoms with van der Waals surface area (Å²) >= 11 is 0. The fourth-order valence-corrected chi connectivity index (χ4v) is 1.92. The summed E-state index contributed by atoms with van der Waals surface area (Å²) in [5.41, 5.74) is 1.16. The lowest BCUT2D eigenvalue weighted by Gasteiger charge is -2.26. The molecule has 1 aliphatic heterocycles. The number of hydrogen-bond acceptors (Lipinski definition) is 4. The van der Waals surface area contributed by atoms with Crippen molar-refractivity contribution in [2.24, 2.45) is 0 Å². The molecule has 0 saturated heterocycles. The number of anilines is 1. The number of benzene rings is 1. The van der Waals surface area contributed by atoms with Gasteiger partial charge < -0.3 is 19.8 Å². The van der Waals surface area contributed by atoms with Crippen molar-refractivity contribution in [1.82, 2.24) is 0 Å². The van der Waals surface area contributed by atoms with Crippen molar-refractivity contribution in [2.75, 3.05) is 18.6 Å². The van der Waals surface area contributed by atoms with Gasteiger partial charge in [-0.2, -0.15) is 0 Å². The molecule has 1 amide bonds. The Morgan fingerprint density at radius 3 is 2.95 bits per heavy atom. The van der Waals surface area contributed by atoms with Crippen LogP contribution in [0.25, 0.3) is 0 Å². The molecule has 1 atom stereocenters. The van der Waals surface area contributed by atoms with Crippen molar-refractivity contribution in [2.45, 2.75) is 18.9 Å². The summed E-state index contributed by atoms with van der Waals surface area (Å²) in [7, 11) is 1.64. The lowest BCUT2D eigenvalue weighted by molar-refractivity contribution is -0.137. The van der Waals surface area contributed by atoms with E-state index in [-0.39, 0.29) is 25.4 Å². The largest absolute Gasteiger partial charge is 0.482 e. The molecule has 0 saturated carbocycles. The first-order valence-electron chi connectivity index (χ1n) is 5.92. The van der Waals surface area contributed by atoms with Crippen LogP contribution in [0.5, 0.6) is 5.75 Å². The van der Waals surface area contributed by atoms with Crippen LogP contribution >= 0.6 is 0 Å². The van der Waals surface area contributed by atoms with Crippen molar-refractivity contribution < 1.29 is 24.5 Å². The Labute approximate surface area is 110 Å². The van der Waals surface area contributed by atoms with E-state index >= 15 is 0 Å². The molecule has 1 aromatic rings. The summed E-state index contributed by atoms with van der Waals surface area (Å²) in [5.74, 6) is -0.534. The number of carboxylic acid groups (broad SMARTS) is 1. The highest BCUT2D eigenvalue weighted by Gasteiger charge is 2.23. The van der Waals surface area contributed by atoms with Gasteiger partial charge in [0.15, 0.2) is 6.61 Å². The molecule has 0 fully saturated rings. The number of aliphatic carboxylic acids is 1. The first-order chi connectivity index (χ1) is 8.99. The molecule has 1 aliphatic rings. The van der Waals surface area contributed by atoms with Crippen LogP contribution in [0, 0.1) is 0 Å². The third-order valence-electron chi connectivity index (χ3n) is 3.09. The Kier molecular flexibility index (Phi) is 3.71. The standard InChI is InChI=1S/C13H15NO5/c1-14-9-6-8(10(15)3-5-13(17)18)2-4-11(9)19-7-12(14)16/h2,4,6,10,15H,3,5,7H2,1H3,(H,17,18). The van der Waals surface area contributed by atoms with Crippen molar-refractivity contribution in [3.05, 3.63) is 23.8 Å². The maximum Gasteiger partial charge on any atom is 0.303 e. The summed E-state index contributed by atoms with van der Waals surface area (Å²) in [5, 5.41) is 18.5. The van der Waals surface area contributed by atoms with Crippen LogP contribution in [-0.2, 0) is 9.59 Å². The predicted molar refractivity (Wildman–Crippen MR) is 67.2 cm³/mol. The number of aliphatic hydroxyl groups excluding tert-OH is 1. The third-order valence-corrected chi connectivity index (χ3v) is 3.09. The van der Waals surface area contributed by atoms with Gasteiger partial charge in [-0.3, -0.25) is 9.59 Å². The fraction of sp³-hybridized carbons (Fsp3) is 0.385. The smallest absolute Gasteiger partial charge is 0.303 e. The van der Waals surface area contributed by atoms with Gasteiger partial charge in [0.1, 0.15) is 5.75 Å². The Bertz CT molecular complexity index is 514. The lowest BCUT2D eigenvalue weighted by atomic mass is 10.0. The van der Waals surface area contributed by atoms with Crippen molar-refractivity contribution >= 4 is 17.6 Å². The fourth-order valence-electron chi connectivity index (χ4n) is 1.92. The summed E-state index contributed by atoms with van der Waals surface area (Å²) in [4.78, 5) is 23.5. The van der Waals surface area contributed by atoms with Gasteiger partial charge in [-0.15, -0.1) is 0 Å². The van der Waals surface area contributed by atoms with Crippen LogP contribution in [0.3, 0.4) is 0 Å². The maximum absolute atomic E-state index is 11.5. The number of rotatable bonds is 4. The van der Waals surface area contributed by atoms with Crippen LogP contribution < -0.4 is 9.64 Å². The second-order valence-electron chi connectivity index (χ2n) is 4.42. The van der Waals surface area contributed by atoms with Gasteiger partial charge in [-0.25, -0.2) is 0 Å². The molecule has 1 unspecified atom stereocenters. The van der Waals surface area contributed by atoms with E-state index in [4.69, 9.17) is 9.84 Å². The molecule has 2 rings (SSSR count). The number of fused-ring (bicyclic) bond motifs is 1. The van der Waals surface area contributed by atoms with Gasteiger partial charge in [0.05, 0.1) is 11.8 Å². The SMILES string of the molecule is CN1C(=O)COc2ccc(C(O)CCC(=O)O)cc21. The number of amides is 1. The van der Waals surface area contributed by atoms with E-state index in [1.807, 2.05) is 0 Å². The van der Waals surface area contributed by atoms with Crippen LogP contribution in [0.15, 0.2) is 18.2 Å². The zero-order chi connectivity index (χ0) is 14.0. The number of carbonyl (C=O) groups is 2. The highest BCUT2D eigenvalue weighted by Crippen LogP contribution is 2.34. The predicted octanol–water partition coefficient (Wildman–Crippen LogP) is 0.940. The van der Waals surface area contributed by atoms with E-state index in [1.165, 1.54) is 4.90 Å². The van der Waals surface area contributed by atoms with E-state index in [0.717, 1.165) is 0 Å². The van der Waals surface area contributed by atoms with Crippen molar-refractivity contribution in [3.63, 3.8) is 0 Å². The number of carboxylic acids is 1. The maximum atomic E-state index is 11.5. The molecule has 1 heterocycles. The highest BCUT2D eigenvalue weighted by molar-refractivity contribution is 5.97. The van der Waals surface area contributed by atoms with Gasteiger partial charge in [0.25, 0.3) is 5.91 Å². The van der Waals surface area contributed by atoms with Gasteiger partial charge in [0.2, 0.25) is 0 Å². The quantitative estimate of drug-likeness (QED) is 0.846. The van der Waals surface area contributed by atoms with Gasteiger partial charge in [-0.05, 0) is 24.1 Å². The van der Waals surface area contributed by atoms with Crippen LogP contribution in [0.2, 0.25) is 0 Å². The Morgan fingerprint density at radius 1 is 1.53 bits per heavy atom. The van der Waals surface area contributed by atoms with E-state index in [2.05, 4.69) is 0 Å². The second kappa shape index (κ2) is 5.27. The first kappa shape index (κ1) is 13.4. The summed E-state index contributed by atoms with van der Waals surface area (Å²) in [6.07, 6.45) is -0.845. The average molecular weight is 265 g/mol. The minimum atomic E-state index is -0.951. The Balaban J connectivity index is 2.20. The molecule has 0 radical (unpaired) electrons. The molecule has 0 bridgehead atoms. The van der Waals surface area contributed by atoms with Crippen LogP contribution in [-0.4, -0.2) is 35.7 Å². The lowest BCUT2D eigenvalue weighted by Crippen LogP contribution is -2.35. The number of aliphatic hydroxyl groups is 1. The average Bonchev–Trinajstić information content (AvgIpc) is 2.40.